The van der Waals surface area contributed by atoms with Gasteiger partial charge in [0.2, 0.25) is 6.79 Å². The number of allylic oxidation sites excluding steroid dienone is 22. The fourth-order valence-electron chi connectivity index (χ4n) is 14.8. The largest absolute Gasteiger partial charge is 0.459 e. The molecule has 12 aliphatic rings. The molecule has 2 aromatic carbocycles. The van der Waals surface area contributed by atoms with Gasteiger partial charge in [0.1, 0.15) is 23.1 Å². The minimum Gasteiger partial charge on any atom is -0.459 e. The lowest BCUT2D eigenvalue weighted by Gasteiger charge is -2.41. The van der Waals surface area contributed by atoms with Gasteiger partial charge in [-0.25, -0.2) is 0 Å². The summed E-state index contributed by atoms with van der Waals surface area (Å²) in [6.07, 6.45) is 30.5. The van der Waals surface area contributed by atoms with Gasteiger partial charge in [-0.05, 0) is 362 Å². The summed E-state index contributed by atoms with van der Waals surface area (Å²) in [5.74, 6) is 5.63. The smallest absolute Gasteiger partial charge is 0.230 e. The standard InChI is InChI=1S/C12H22.C11H12.C9H14.4C8H12O.C8H14.C8H10.C7H10O.C7H12.C5H8O2/c1-9-10(2)12(5,6)8-7-11(9,3)4;1-8-7-10-5-3-4-6-11(10)9(8)2;1-6-7(2)9-4-3-8(6)5-9;2*1-6-3-4-8(9)5-7(6)2;2*1-6-4-3-5-8(9)7(6)2;2*1-7-5-3-4-6-8(7)2;1-5-3-4-7(8)6(5)2;1-6-4-3-5-7(6)2;1-4-5(2)7-3-6-4/h7-8H2,1-6H3;3-6H,7H2,1-2H3;8-9H,3-5H2,1-2H3;4*3-5H2,1-2H3;3-6H2,1-2H3;3-6H,1-2H3;3-4H2,1-2H3;3-5H2,1-2H3;3H2,1-2H3. The first kappa shape index (κ1) is 93.7. The van der Waals surface area contributed by atoms with Crippen molar-refractivity contribution in [2.45, 2.75) is 367 Å². The first-order chi connectivity index (χ1) is 49.6. The molecular formula is C99H150O7. The zero-order chi connectivity index (χ0) is 79.9. The Morgan fingerprint density at radius 2 is 0.632 bits per heavy atom. The fraction of sp³-hybridized carbons (Fsp3) is 0.606. The average molecular weight is 1450 g/mol. The fourth-order valence-corrected chi connectivity index (χ4v) is 14.8. The molecule has 0 spiro atoms. The third-order valence-corrected chi connectivity index (χ3v) is 25.9. The minimum absolute atomic E-state index is 0.336. The molecule has 0 aromatic heterocycles. The highest BCUT2D eigenvalue weighted by Crippen LogP contribution is 2.49. The van der Waals surface area contributed by atoms with E-state index < -0.39 is 0 Å². The number of benzene rings is 2. The van der Waals surface area contributed by atoms with E-state index >= 15 is 0 Å². The van der Waals surface area contributed by atoms with E-state index in [-0.39, 0.29) is 0 Å². The van der Waals surface area contributed by atoms with Gasteiger partial charge in [-0.3, -0.25) is 24.0 Å². The van der Waals surface area contributed by atoms with Crippen molar-refractivity contribution in [3.05, 3.63) is 188 Å². The van der Waals surface area contributed by atoms with E-state index in [1.165, 1.54) is 149 Å². The maximum absolute atomic E-state index is 10.9. The maximum atomic E-state index is 10.9. The van der Waals surface area contributed by atoms with Gasteiger partial charge in [-0.1, -0.05) is 165 Å². The second-order valence-corrected chi connectivity index (χ2v) is 34.4. The Hall–Kier alpha value is -6.47. The van der Waals surface area contributed by atoms with Gasteiger partial charge in [0, 0.05) is 44.9 Å². The second kappa shape index (κ2) is 46.1. The van der Waals surface area contributed by atoms with E-state index in [0.29, 0.717) is 59.4 Å². The van der Waals surface area contributed by atoms with Gasteiger partial charge in [0.15, 0.2) is 17.3 Å². The molecule has 2 unspecified atom stereocenters. The molecule has 588 valence electrons. The van der Waals surface area contributed by atoms with Gasteiger partial charge in [0.05, 0.1) is 0 Å². The second-order valence-electron chi connectivity index (χ2n) is 34.4. The molecule has 7 heteroatoms. The number of hydrogen-bond donors (Lipinski definition) is 0. The Balaban J connectivity index is 0.000000301. The van der Waals surface area contributed by atoms with E-state index in [2.05, 4.69) is 173 Å². The highest BCUT2D eigenvalue weighted by Gasteiger charge is 2.36. The predicted octanol–water partition coefficient (Wildman–Crippen LogP) is 28.9. The van der Waals surface area contributed by atoms with Crippen molar-refractivity contribution in [2.75, 3.05) is 6.79 Å². The molecule has 14 rings (SSSR count). The first-order valence-corrected chi connectivity index (χ1v) is 40.9. The van der Waals surface area contributed by atoms with Gasteiger partial charge < -0.3 is 9.47 Å². The average Bonchev–Trinajstić information content (AvgIpc) is 1.31. The summed E-state index contributed by atoms with van der Waals surface area (Å²) in [4.78, 5) is 54.2. The molecule has 0 amide bonds. The van der Waals surface area contributed by atoms with Crippen LogP contribution in [0.3, 0.4) is 0 Å². The molecule has 7 nitrogen and oxygen atoms in total. The monoisotopic (exact) mass is 1450 g/mol. The van der Waals surface area contributed by atoms with Crippen molar-refractivity contribution in [3.8, 4) is 0 Å². The van der Waals surface area contributed by atoms with Crippen molar-refractivity contribution < 1.29 is 33.4 Å². The van der Waals surface area contributed by atoms with Crippen molar-refractivity contribution in [1.29, 1.82) is 0 Å². The quantitative estimate of drug-likeness (QED) is 0.242. The topological polar surface area (TPSA) is 104 Å². The number of rotatable bonds is 0. The van der Waals surface area contributed by atoms with E-state index in [1.807, 2.05) is 69.2 Å². The summed E-state index contributed by atoms with van der Waals surface area (Å²) in [5, 5.41) is 0. The van der Waals surface area contributed by atoms with E-state index in [4.69, 9.17) is 9.47 Å². The molecular weight excluding hydrogens is 1300 g/mol. The summed E-state index contributed by atoms with van der Waals surface area (Å²) >= 11 is 0. The van der Waals surface area contributed by atoms with Crippen LogP contribution in [0.25, 0.3) is 5.57 Å². The van der Waals surface area contributed by atoms with E-state index in [1.54, 1.807) is 44.6 Å². The van der Waals surface area contributed by atoms with Crippen molar-refractivity contribution in [2.24, 2.45) is 22.7 Å². The maximum Gasteiger partial charge on any atom is 0.230 e. The zero-order valence-corrected chi connectivity index (χ0v) is 72.9. The van der Waals surface area contributed by atoms with Crippen molar-refractivity contribution in [1.82, 2.24) is 0 Å². The Kier molecular flexibility index (Phi) is 40.8. The number of fused-ring (bicyclic) bond motifs is 3. The van der Waals surface area contributed by atoms with Gasteiger partial charge in [-0.2, -0.15) is 0 Å². The molecule has 2 atom stereocenters. The molecule has 106 heavy (non-hydrogen) atoms. The Labute approximate surface area is 649 Å². The summed E-state index contributed by atoms with van der Waals surface area (Å²) in [6.45, 7) is 60.7. The molecule has 1 heterocycles. The van der Waals surface area contributed by atoms with Crippen LogP contribution in [-0.2, 0) is 39.9 Å². The number of hydrogen-bond acceptors (Lipinski definition) is 7. The number of ether oxygens (including phenoxy) is 2. The highest BCUT2D eigenvalue weighted by atomic mass is 16.7. The predicted molar refractivity (Wildman–Crippen MR) is 455 cm³/mol. The molecule has 1 fully saturated rings. The molecule has 2 bridgehead atoms. The Bertz CT molecular complexity index is 3520. The third-order valence-electron chi connectivity index (χ3n) is 25.9. The Morgan fingerprint density at radius 3 is 0.896 bits per heavy atom. The van der Waals surface area contributed by atoms with Crippen LogP contribution < -0.4 is 0 Å². The molecule has 0 saturated heterocycles. The summed E-state index contributed by atoms with van der Waals surface area (Å²) in [5.41, 5.74) is 34.9. The van der Waals surface area contributed by atoms with Gasteiger partial charge in [0.25, 0.3) is 0 Å². The minimum atomic E-state index is 0.336. The molecule has 1 saturated carbocycles. The summed E-state index contributed by atoms with van der Waals surface area (Å²) in [7, 11) is 0. The number of ketones is 5. The number of carbonyl (C=O) groups is 5. The zero-order valence-electron chi connectivity index (χ0n) is 72.9. The number of aryl methyl sites for hydroxylation is 2. The van der Waals surface area contributed by atoms with Crippen LogP contribution in [-0.4, -0.2) is 35.7 Å². The molecule has 11 aliphatic carbocycles. The Morgan fingerprint density at radius 1 is 0.311 bits per heavy atom. The lowest BCUT2D eigenvalue weighted by molar-refractivity contribution is -0.119. The molecule has 0 N–H and O–H groups in total. The van der Waals surface area contributed by atoms with Crippen LogP contribution in [0.2, 0.25) is 0 Å². The van der Waals surface area contributed by atoms with Crippen LogP contribution in [0.15, 0.2) is 166 Å². The van der Waals surface area contributed by atoms with Gasteiger partial charge in [-0.15, -0.1) is 0 Å². The summed E-state index contributed by atoms with van der Waals surface area (Å²) in [6, 6.07) is 17.0. The third kappa shape index (κ3) is 31.6. The first-order valence-electron chi connectivity index (χ1n) is 40.9. The van der Waals surface area contributed by atoms with E-state index in [9.17, 15) is 24.0 Å². The van der Waals surface area contributed by atoms with Crippen LogP contribution in [0.5, 0.6) is 0 Å². The SMILES string of the molecule is CC1=C(C)C(=O)CC1.CC1=C(C)C(=O)CCC1.CC1=C(C)C(=O)CCC1.CC1=C(C)C(C)(C)CCC1(C)C.CC1=C(C)C2CCC1C2.CC1=C(C)CC(=O)CC1.CC1=C(C)CC(=O)CC1.CC1=C(C)CCC1.CC1=C(C)CCCC1.CC1=C(C)OCO1.CC1=C(C)c2ccccc2C1.Cc1ccccc1C. The normalized spacial score (nSPS) is 21.8. The molecule has 2 aromatic rings. The van der Waals surface area contributed by atoms with Crippen molar-refractivity contribution in [3.63, 3.8) is 0 Å². The van der Waals surface area contributed by atoms with Crippen LogP contribution in [0, 0.1) is 36.5 Å². The lowest BCUT2D eigenvalue weighted by atomic mass is 9.64. The van der Waals surface area contributed by atoms with E-state index in [0.717, 1.165) is 124 Å². The van der Waals surface area contributed by atoms with Crippen LogP contribution >= 0.6 is 0 Å². The van der Waals surface area contributed by atoms with Gasteiger partial charge >= 0.3 is 0 Å². The summed E-state index contributed by atoms with van der Waals surface area (Å²) < 4.78 is 9.84. The number of carbonyl (C=O) groups excluding carboxylic acids is 5. The van der Waals surface area contributed by atoms with Crippen LogP contribution in [0.1, 0.15) is 369 Å². The molecule has 0 radical (unpaired) electrons. The molecule has 1 aliphatic heterocycles. The number of Topliss-reactive ketones (excluding diaryl/α,β-unsaturated/α-hetero) is 5. The lowest BCUT2D eigenvalue weighted by Crippen LogP contribution is -2.28. The van der Waals surface area contributed by atoms with Crippen LogP contribution in [0.4, 0.5) is 0 Å². The highest BCUT2D eigenvalue weighted by molar-refractivity contribution is 5.98. The van der Waals surface area contributed by atoms with Crippen molar-refractivity contribution >= 4 is 34.5 Å².